The maximum Gasteiger partial charge on any atom is 0.306 e. The lowest BCUT2D eigenvalue weighted by Gasteiger charge is -2.24. The van der Waals surface area contributed by atoms with Crippen LogP contribution in [-0.2, 0) is 25.5 Å². The summed E-state index contributed by atoms with van der Waals surface area (Å²) >= 11 is 0. The van der Waals surface area contributed by atoms with E-state index in [1.807, 2.05) is 49.4 Å². The number of amides is 2. The lowest BCUT2D eigenvalue weighted by atomic mass is 9.95. The van der Waals surface area contributed by atoms with Crippen molar-refractivity contribution in [2.24, 2.45) is 5.92 Å². The first-order valence-corrected chi connectivity index (χ1v) is 13.6. The molecule has 0 aliphatic heterocycles. The molecular weight excluding hydrogens is 480 g/mol. The van der Waals surface area contributed by atoms with Crippen LogP contribution in [0.2, 0.25) is 0 Å². The minimum absolute atomic E-state index is 0.0254. The molecule has 38 heavy (non-hydrogen) atoms. The molecule has 2 atom stereocenters. The summed E-state index contributed by atoms with van der Waals surface area (Å²) in [5, 5.41) is 6.29. The van der Waals surface area contributed by atoms with Crippen LogP contribution in [0.1, 0.15) is 69.9 Å². The zero-order chi connectivity index (χ0) is 27.8. The average Bonchev–Trinajstić information content (AvgIpc) is 2.90. The molecule has 7 nitrogen and oxygen atoms in total. The minimum atomic E-state index is -0.393. The van der Waals surface area contributed by atoms with E-state index in [9.17, 15) is 14.4 Å². The summed E-state index contributed by atoms with van der Waals surface area (Å²) in [6.45, 7) is 6.64. The topological polar surface area (TPSA) is 93.7 Å². The van der Waals surface area contributed by atoms with Crippen LogP contribution in [0.3, 0.4) is 0 Å². The number of benzene rings is 2. The molecule has 0 spiro atoms. The number of hydrogen-bond donors (Lipinski definition) is 2. The fraction of sp³-hybridized carbons (Fsp3) is 0.516. The molecule has 0 aromatic heterocycles. The van der Waals surface area contributed by atoms with Gasteiger partial charge in [-0.25, -0.2) is 0 Å². The summed E-state index contributed by atoms with van der Waals surface area (Å²) in [5.74, 6) is 0.661. The normalized spacial score (nSPS) is 12.4. The summed E-state index contributed by atoms with van der Waals surface area (Å²) in [6, 6.07) is 17.8. The third-order valence-corrected chi connectivity index (χ3v) is 6.41. The Morgan fingerprint density at radius 1 is 0.763 bits per heavy atom. The molecule has 2 N–H and O–H groups in total. The molecule has 2 aromatic carbocycles. The van der Waals surface area contributed by atoms with E-state index in [1.165, 1.54) is 7.11 Å². The van der Waals surface area contributed by atoms with Gasteiger partial charge >= 0.3 is 5.97 Å². The van der Waals surface area contributed by atoms with Crippen LogP contribution in [0.25, 0.3) is 0 Å². The number of hydrogen-bond acceptors (Lipinski definition) is 5. The molecule has 2 unspecified atom stereocenters. The third kappa shape index (κ3) is 13.3. The van der Waals surface area contributed by atoms with E-state index in [2.05, 4.69) is 41.4 Å². The molecule has 0 heterocycles. The molecule has 0 radical (unpaired) electrons. The molecule has 0 aliphatic rings. The highest BCUT2D eigenvalue weighted by Gasteiger charge is 2.19. The molecule has 0 saturated heterocycles. The van der Waals surface area contributed by atoms with Gasteiger partial charge in [-0.05, 0) is 62.6 Å². The summed E-state index contributed by atoms with van der Waals surface area (Å²) in [7, 11) is 1.32. The Labute approximate surface area is 227 Å². The monoisotopic (exact) mass is 524 g/mol. The summed E-state index contributed by atoms with van der Waals surface area (Å²) < 4.78 is 10.4. The number of ether oxygens (including phenoxy) is 2. The van der Waals surface area contributed by atoms with Gasteiger partial charge in [0.1, 0.15) is 5.75 Å². The molecule has 2 rings (SSSR count). The van der Waals surface area contributed by atoms with E-state index in [1.54, 1.807) is 0 Å². The van der Waals surface area contributed by atoms with Crippen LogP contribution in [-0.4, -0.2) is 43.6 Å². The number of carbonyl (C=O) groups excluding carboxylic acids is 3. The second kappa shape index (κ2) is 17.2. The van der Waals surface area contributed by atoms with Crippen molar-refractivity contribution >= 4 is 17.8 Å². The van der Waals surface area contributed by atoms with Gasteiger partial charge in [-0.3, -0.25) is 14.4 Å². The SMILES string of the molecule is COC(=O)CCC(=O)NC(CCC(C)C)CCC(Cc1ccccc1)NC(=O)CCOc1ccc(C)cc1. The van der Waals surface area contributed by atoms with E-state index in [0.29, 0.717) is 18.9 Å². The van der Waals surface area contributed by atoms with Gasteiger partial charge < -0.3 is 20.1 Å². The van der Waals surface area contributed by atoms with Gasteiger partial charge in [0.25, 0.3) is 0 Å². The van der Waals surface area contributed by atoms with Gasteiger partial charge in [0.15, 0.2) is 0 Å². The Bertz CT molecular complexity index is 976. The predicted octanol–water partition coefficient (Wildman–Crippen LogP) is 5.15. The molecule has 0 aliphatic carbocycles. The number of rotatable bonds is 17. The molecule has 0 bridgehead atoms. The van der Waals surface area contributed by atoms with Gasteiger partial charge in [0.05, 0.1) is 26.6 Å². The fourth-order valence-corrected chi connectivity index (χ4v) is 4.16. The Morgan fingerprint density at radius 2 is 1.37 bits per heavy atom. The molecule has 208 valence electrons. The van der Waals surface area contributed by atoms with E-state index >= 15 is 0 Å². The lowest BCUT2D eigenvalue weighted by Crippen LogP contribution is -2.40. The number of methoxy groups -OCH3 is 1. The van der Waals surface area contributed by atoms with Crippen LogP contribution in [0.4, 0.5) is 0 Å². The largest absolute Gasteiger partial charge is 0.493 e. The van der Waals surface area contributed by atoms with Crippen molar-refractivity contribution in [3.63, 3.8) is 0 Å². The molecular formula is C31H44N2O5. The third-order valence-electron chi connectivity index (χ3n) is 6.41. The van der Waals surface area contributed by atoms with Crippen LogP contribution in [0.5, 0.6) is 5.75 Å². The van der Waals surface area contributed by atoms with Gasteiger partial charge in [0, 0.05) is 18.5 Å². The van der Waals surface area contributed by atoms with Crippen LogP contribution < -0.4 is 15.4 Å². The first kappa shape index (κ1) is 30.9. The van der Waals surface area contributed by atoms with Gasteiger partial charge in [-0.2, -0.15) is 0 Å². The Balaban J connectivity index is 1.95. The zero-order valence-corrected chi connectivity index (χ0v) is 23.3. The standard InChI is InChI=1S/C31H44N2O5/c1-23(2)10-13-26(32-29(34)18-19-31(36)37-4)14-15-27(22-25-8-6-5-7-9-25)33-30(35)20-21-38-28-16-11-24(3)12-17-28/h5-9,11-12,16-17,23,26-27H,10,13-15,18-22H2,1-4H3,(H,32,34)(H,33,35). The minimum Gasteiger partial charge on any atom is -0.493 e. The molecule has 7 heteroatoms. The highest BCUT2D eigenvalue weighted by molar-refractivity contribution is 5.81. The summed E-state index contributed by atoms with van der Waals surface area (Å²) in [6.07, 6.45) is 4.42. The summed E-state index contributed by atoms with van der Waals surface area (Å²) in [4.78, 5) is 36.7. The van der Waals surface area contributed by atoms with Crippen molar-refractivity contribution in [2.45, 2.75) is 84.2 Å². The number of aryl methyl sites for hydroxylation is 1. The predicted molar refractivity (Wildman–Crippen MR) is 150 cm³/mol. The van der Waals surface area contributed by atoms with Crippen molar-refractivity contribution < 1.29 is 23.9 Å². The van der Waals surface area contributed by atoms with Crippen molar-refractivity contribution in [3.8, 4) is 5.75 Å². The number of carbonyl (C=O) groups is 3. The van der Waals surface area contributed by atoms with E-state index in [-0.39, 0.29) is 43.2 Å². The van der Waals surface area contributed by atoms with Crippen LogP contribution >= 0.6 is 0 Å². The molecule has 0 saturated carbocycles. The zero-order valence-electron chi connectivity index (χ0n) is 23.3. The van der Waals surface area contributed by atoms with E-state index < -0.39 is 5.97 Å². The van der Waals surface area contributed by atoms with E-state index in [4.69, 9.17) is 4.74 Å². The maximum atomic E-state index is 12.8. The maximum absolute atomic E-state index is 12.8. The van der Waals surface area contributed by atoms with Crippen LogP contribution in [0, 0.1) is 12.8 Å². The van der Waals surface area contributed by atoms with Gasteiger partial charge in [0.2, 0.25) is 11.8 Å². The first-order valence-electron chi connectivity index (χ1n) is 13.6. The Kier molecular flexibility index (Phi) is 14.0. The molecule has 0 fully saturated rings. The number of esters is 1. The van der Waals surface area contributed by atoms with E-state index in [0.717, 1.165) is 42.6 Å². The van der Waals surface area contributed by atoms with Gasteiger partial charge in [-0.1, -0.05) is 61.9 Å². The highest BCUT2D eigenvalue weighted by Crippen LogP contribution is 2.16. The van der Waals surface area contributed by atoms with Crippen LogP contribution in [0.15, 0.2) is 54.6 Å². The Morgan fingerprint density at radius 3 is 2.03 bits per heavy atom. The van der Waals surface area contributed by atoms with Crippen molar-refractivity contribution in [1.29, 1.82) is 0 Å². The molecule has 2 amide bonds. The van der Waals surface area contributed by atoms with Crippen molar-refractivity contribution in [2.75, 3.05) is 13.7 Å². The Hall–Kier alpha value is -3.35. The number of nitrogens with one attached hydrogen (secondary N) is 2. The second-order valence-corrected chi connectivity index (χ2v) is 10.3. The smallest absolute Gasteiger partial charge is 0.306 e. The van der Waals surface area contributed by atoms with Crippen molar-refractivity contribution in [1.82, 2.24) is 10.6 Å². The lowest BCUT2D eigenvalue weighted by molar-refractivity contribution is -0.142. The van der Waals surface area contributed by atoms with Crippen molar-refractivity contribution in [3.05, 3.63) is 65.7 Å². The molecule has 2 aromatic rings. The van der Waals surface area contributed by atoms with Gasteiger partial charge in [-0.15, -0.1) is 0 Å². The second-order valence-electron chi connectivity index (χ2n) is 10.3. The average molecular weight is 525 g/mol. The highest BCUT2D eigenvalue weighted by atomic mass is 16.5. The fourth-order valence-electron chi connectivity index (χ4n) is 4.16. The quantitative estimate of drug-likeness (QED) is 0.279. The summed E-state index contributed by atoms with van der Waals surface area (Å²) in [5.41, 5.74) is 2.31. The first-order chi connectivity index (χ1) is 18.2.